The van der Waals surface area contributed by atoms with Crippen LogP contribution in [0.3, 0.4) is 0 Å². The molecule has 0 aromatic carbocycles. The van der Waals surface area contributed by atoms with E-state index in [2.05, 4.69) is 6.58 Å². The topological polar surface area (TPSA) is 20.2 Å². The zero-order valence-electron chi connectivity index (χ0n) is 7.37. The van der Waals surface area contributed by atoms with Crippen molar-refractivity contribution >= 4 is 0 Å². The van der Waals surface area contributed by atoms with Gasteiger partial charge in [0.25, 0.3) is 0 Å². The summed E-state index contributed by atoms with van der Waals surface area (Å²) >= 11 is 0. The van der Waals surface area contributed by atoms with Crippen molar-refractivity contribution in [1.82, 2.24) is 0 Å². The Kier molecular flexibility index (Phi) is 2.96. The van der Waals surface area contributed by atoms with Gasteiger partial charge in [-0.3, -0.25) is 0 Å². The molecule has 0 rings (SSSR count). The summed E-state index contributed by atoms with van der Waals surface area (Å²) in [6.07, 6.45) is -7.03. The first-order chi connectivity index (χ1) is 5.07. The lowest BCUT2D eigenvalue weighted by Crippen LogP contribution is -2.34. The van der Waals surface area contributed by atoms with Gasteiger partial charge in [0.05, 0.1) is 0 Å². The second-order valence-electron chi connectivity index (χ2n) is 3.72. The molecule has 1 N–H and O–H groups in total. The van der Waals surface area contributed by atoms with Crippen LogP contribution in [0.5, 0.6) is 0 Å². The van der Waals surface area contributed by atoms with E-state index in [0.29, 0.717) is 0 Å². The van der Waals surface area contributed by atoms with Crippen LogP contribution in [0, 0.1) is 5.41 Å². The average molecular weight is 182 g/mol. The average Bonchev–Trinajstić information content (AvgIpc) is 1.80. The summed E-state index contributed by atoms with van der Waals surface area (Å²) in [5.74, 6) is 0. The van der Waals surface area contributed by atoms with Gasteiger partial charge in [-0.2, -0.15) is 13.2 Å². The van der Waals surface area contributed by atoms with Gasteiger partial charge >= 0.3 is 6.18 Å². The van der Waals surface area contributed by atoms with Crippen LogP contribution in [0.25, 0.3) is 0 Å². The van der Waals surface area contributed by atoms with Gasteiger partial charge in [0.2, 0.25) is 0 Å². The third-order valence-corrected chi connectivity index (χ3v) is 1.60. The molecule has 0 saturated carbocycles. The summed E-state index contributed by atoms with van der Waals surface area (Å²) in [7, 11) is 0. The van der Waals surface area contributed by atoms with Crippen molar-refractivity contribution < 1.29 is 18.3 Å². The van der Waals surface area contributed by atoms with Crippen molar-refractivity contribution in [2.24, 2.45) is 5.41 Å². The quantitative estimate of drug-likeness (QED) is 0.618. The first-order valence-electron chi connectivity index (χ1n) is 3.51. The highest BCUT2D eigenvalue weighted by Gasteiger charge is 2.42. The van der Waals surface area contributed by atoms with Crippen LogP contribution in [0.4, 0.5) is 13.2 Å². The molecule has 0 aliphatic heterocycles. The molecule has 0 aliphatic carbocycles. The minimum Gasteiger partial charge on any atom is -0.379 e. The molecule has 0 aromatic heterocycles. The Bertz CT molecular complexity index is 176. The van der Waals surface area contributed by atoms with E-state index in [-0.39, 0.29) is 5.57 Å². The summed E-state index contributed by atoms with van der Waals surface area (Å²) in [6.45, 7) is 7.94. The molecular weight excluding hydrogens is 169 g/mol. The molecule has 0 heterocycles. The number of hydrogen-bond donors (Lipinski definition) is 1. The molecule has 0 amide bonds. The molecule has 0 saturated heterocycles. The minimum absolute atomic E-state index is 0.213. The second kappa shape index (κ2) is 3.09. The summed E-state index contributed by atoms with van der Waals surface area (Å²) in [5.41, 5.74) is -0.940. The van der Waals surface area contributed by atoms with Crippen molar-refractivity contribution in [3.8, 4) is 0 Å². The number of halogens is 3. The van der Waals surface area contributed by atoms with Crippen LogP contribution >= 0.6 is 0 Å². The number of aliphatic hydroxyl groups is 1. The van der Waals surface area contributed by atoms with Crippen LogP contribution in [-0.4, -0.2) is 17.4 Å². The summed E-state index contributed by atoms with van der Waals surface area (Å²) in [6, 6.07) is 0. The van der Waals surface area contributed by atoms with Gasteiger partial charge in [-0.15, -0.1) is 0 Å². The lowest BCUT2D eigenvalue weighted by atomic mass is 9.84. The van der Waals surface area contributed by atoms with Crippen LogP contribution in [-0.2, 0) is 0 Å². The molecule has 4 heteroatoms. The number of rotatable bonds is 1. The Labute approximate surface area is 69.9 Å². The predicted molar refractivity (Wildman–Crippen MR) is 40.7 cm³/mol. The molecule has 1 nitrogen and oxygen atoms in total. The maximum absolute atomic E-state index is 11.9. The van der Waals surface area contributed by atoms with Crippen molar-refractivity contribution in [1.29, 1.82) is 0 Å². The SMILES string of the molecule is C=C(C(O)C(F)(F)F)C(C)(C)C. The smallest absolute Gasteiger partial charge is 0.379 e. The zero-order chi connectivity index (χ0) is 10.2. The Morgan fingerprint density at radius 1 is 1.25 bits per heavy atom. The van der Waals surface area contributed by atoms with E-state index in [9.17, 15) is 13.2 Å². The molecular formula is C8H13F3O. The van der Waals surface area contributed by atoms with E-state index in [0.717, 1.165) is 0 Å². The molecule has 12 heavy (non-hydrogen) atoms. The molecule has 1 atom stereocenters. The van der Waals surface area contributed by atoms with E-state index < -0.39 is 17.7 Å². The monoisotopic (exact) mass is 182 g/mol. The van der Waals surface area contributed by atoms with Gasteiger partial charge in [0, 0.05) is 0 Å². The molecule has 0 aliphatic rings. The fraction of sp³-hybridized carbons (Fsp3) is 0.750. The zero-order valence-corrected chi connectivity index (χ0v) is 7.37. The molecule has 0 bridgehead atoms. The lowest BCUT2D eigenvalue weighted by molar-refractivity contribution is -0.194. The highest BCUT2D eigenvalue weighted by atomic mass is 19.4. The summed E-state index contributed by atoms with van der Waals surface area (Å²) < 4.78 is 35.8. The fourth-order valence-corrected chi connectivity index (χ4v) is 0.608. The first-order valence-corrected chi connectivity index (χ1v) is 3.51. The third kappa shape index (κ3) is 2.85. The van der Waals surface area contributed by atoms with E-state index in [4.69, 9.17) is 5.11 Å². The maximum Gasteiger partial charge on any atom is 0.418 e. The number of aliphatic hydroxyl groups excluding tert-OH is 1. The van der Waals surface area contributed by atoms with Gasteiger partial charge in [-0.1, -0.05) is 27.4 Å². The second-order valence-corrected chi connectivity index (χ2v) is 3.72. The van der Waals surface area contributed by atoms with E-state index >= 15 is 0 Å². The minimum atomic E-state index is -4.61. The van der Waals surface area contributed by atoms with E-state index in [1.807, 2.05) is 0 Å². The van der Waals surface area contributed by atoms with E-state index in [1.54, 1.807) is 20.8 Å². The Balaban J connectivity index is 4.53. The van der Waals surface area contributed by atoms with Crippen LogP contribution < -0.4 is 0 Å². The number of alkyl halides is 3. The molecule has 0 fully saturated rings. The van der Waals surface area contributed by atoms with Gasteiger partial charge < -0.3 is 5.11 Å². The van der Waals surface area contributed by atoms with Crippen molar-refractivity contribution in [3.63, 3.8) is 0 Å². The van der Waals surface area contributed by atoms with Gasteiger partial charge in [0.15, 0.2) is 6.10 Å². The molecule has 72 valence electrons. The predicted octanol–water partition coefficient (Wildman–Crippen LogP) is 2.51. The number of hydrogen-bond acceptors (Lipinski definition) is 1. The van der Waals surface area contributed by atoms with Gasteiger partial charge in [-0.25, -0.2) is 0 Å². The third-order valence-electron chi connectivity index (χ3n) is 1.60. The maximum atomic E-state index is 11.9. The fourth-order valence-electron chi connectivity index (χ4n) is 0.608. The molecule has 0 radical (unpaired) electrons. The van der Waals surface area contributed by atoms with E-state index in [1.165, 1.54) is 0 Å². The lowest BCUT2D eigenvalue weighted by Gasteiger charge is -2.27. The molecule has 0 spiro atoms. The molecule has 0 aromatic rings. The Morgan fingerprint density at radius 2 is 1.58 bits per heavy atom. The molecule has 1 unspecified atom stereocenters. The van der Waals surface area contributed by atoms with Crippen molar-refractivity contribution in [2.75, 3.05) is 0 Å². The van der Waals surface area contributed by atoms with Crippen molar-refractivity contribution in [3.05, 3.63) is 12.2 Å². The highest BCUT2D eigenvalue weighted by molar-refractivity contribution is 5.12. The van der Waals surface area contributed by atoms with Crippen LogP contribution in [0.2, 0.25) is 0 Å². The van der Waals surface area contributed by atoms with Crippen LogP contribution in [0.15, 0.2) is 12.2 Å². The Hall–Kier alpha value is -0.510. The summed E-state index contributed by atoms with van der Waals surface area (Å²) in [5, 5.41) is 8.77. The largest absolute Gasteiger partial charge is 0.418 e. The van der Waals surface area contributed by atoms with Gasteiger partial charge in [0.1, 0.15) is 0 Å². The standard InChI is InChI=1S/C8H13F3O/c1-5(7(2,3)4)6(12)8(9,10)11/h6,12H,1H2,2-4H3. The summed E-state index contributed by atoms with van der Waals surface area (Å²) in [4.78, 5) is 0. The van der Waals surface area contributed by atoms with Gasteiger partial charge in [-0.05, 0) is 11.0 Å². The van der Waals surface area contributed by atoms with Crippen molar-refractivity contribution in [2.45, 2.75) is 33.1 Å². The Morgan fingerprint density at radius 3 is 1.67 bits per heavy atom. The van der Waals surface area contributed by atoms with Crippen LogP contribution in [0.1, 0.15) is 20.8 Å². The highest BCUT2D eigenvalue weighted by Crippen LogP contribution is 2.34. The first kappa shape index (κ1) is 11.5. The normalized spacial score (nSPS) is 15.9.